The Balaban J connectivity index is 1.55. The van der Waals surface area contributed by atoms with Crippen molar-refractivity contribution in [2.75, 3.05) is 33.1 Å². The fourth-order valence-corrected chi connectivity index (χ4v) is 4.23. The predicted molar refractivity (Wildman–Crippen MR) is 140 cm³/mol. The second kappa shape index (κ2) is 11.1. The van der Waals surface area contributed by atoms with Crippen molar-refractivity contribution in [3.63, 3.8) is 0 Å². The van der Waals surface area contributed by atoms with Crippen LogP contribution in [0.4, 0.5) is 10.5 Å². The van der Waals surface area contributed by atoms with Gasteiger partial charge >= 0.3 is 6.03 Å². The van der Waals surface area contributed by atoms with E-state index in [1.807, 2.05) is 48.5 Å². The highest BCUT2D eigenvalue weighted by atomic mass is 35.5. The number of nitrogens with zero attached hydrogens (tertiary/aromatic N) is 3. The summed E-state index contributed by atoms with van der Waals surface area (Å²) in [5.74, 6) is 0.920. The molecule has 0 radical (unpaired) electrons. The van der Waals surface area contributed by atoms with Crippen LogP contribution in [-0.2, 0) is 4.79 Å². The molecule has 3 aromatic carbocycles. The van der Waals surface area contributed by atoms with Gasteiger partial charge in [0.25, 0.3) is 5.91 Å². The highest BCUT2D eigenvalue weighted by molar-refractivity contribution is 6.34. The number of urea groups is 1. The summed E-state index contributed by atoms with van der Waals surface area (Å²) in [5, 5.41) is 9.43. The van der Waals surface area contributed by atoms with Crippen molar-refractivity contribution in [3.8, 4) is 11.5 Å². The predicted octanol–water partition coefficient (Wildman–Crippen LogP) is 5.20. The van der Waals surface area contributed by atoms with Crippen LogP contribution in [0.1, 0.15) is 23.6 Å². The molecule has 0 bridgehead atoms. The Labute approximate surface area is 215 Å². The smallest absolute Gasteiger partial charge is 0.322 e. The summed E-state index contributed by atoms with van der Waals surface area (Å²) in [6.45, 7) is -0.174. The van der Waals surface area contributed by atoms with Crippen molar-refractivity contribution in [2.45, 2.75) is 12.5 Å². The quantitative estimate of drug-likeness (QED) is 0.477. The van der Waals surface area contributed by atoms with Gasteiger partial charge in [0.1, 0.15) is 18.0 Å². The molecule has 186 valence electrons. The molecule has 8 nitrogen and oxygen atoms in total. The van der Waals surface area contributed by atoms with Gasteiger partial charge in [0.15, 0.2) is 0 Å². The van der Waals surface area contributed by atoms with E-state index in [0.717, 1.165) is 16.9 Å². The Hall–Kier alpha value is -4.04. The highest BCUT2D eigenvalue weighted by Crippen LogP contribution is 2.35. The molecule has 0 fully saturated rings. The third-order valence-electron chi connectivity index (χ3n) is 5.92. The lowest BCUT2D eigenvalue weighted by atomic mass is 9.98. The van der Waals surface area contributed by atoms with Gasteiger partial charge in [-0.15, -0.1) is 0 Å². The van der Waals surface area contributed by atoms with E-state index in [0.29, 0.717) is 28.6 Å². The maximum Gasteiger partial charge on any atom is 0.322 e. The first-order valence-corrected chi connectivity index (χ1v) is 11.7. The molecule has 1 heterocycles. The van der Waals surface area contributed by atoms with Crippen LogP contribution in [0, 0.1) is 0 Å². The van der Waals surface area contributed by atoms with Crippen molar-refractivity contribution < 1.29 is 19.1 Å². The fourth-order valence-electron chi connectivity index (χ4n) is 3.99. The number of hydrogen-bond donors (Lipinski definition) is 1. The maximum absolute atomic E-state index is 13.4. The van der Waals surface area contributed by atoms with Crippen molar-refractivity contribution >= 4 is 34.9 Å². The van der Waals surface area contributed by atoms with Crippen LogP contribution in [0.3, 0.4) is 0 Å². The topological polar surface area (TPSA) is 83.5 Å². The molecule has 1 aliphatic rings. The lowest BCUT2D eigenvalue weighted by Gasteiger charge is -2.25. The van der Waals surface area contributed by atoms with E-state index >= 15 is 0 Å². The second-order valence-electron chi connectivity index (χ2n) is 8.24. The molecule has 9 heteroatoms. The van der Waals surface area contributed by atoms with Crippen LogP contribution < -0.4 is 14.8 Å². The average Bonchev–Trinajstić information content (AvgIpc) is 3.34. The molecule has 0 unspecified atom stereocenters. The minimum Gasteiger partial charge on any atom is -0.497 e. The number of anilines is 1. The monoisotopic (exact) mass is 506 g/mol. The lowest BCUT2D eigenvalue weighted by Crippen LogP contribution is -2.41. The molecule has 0 saturated heterocycles. The summed E-state index contributed by atoms with van der Waals surface area (Å²) in [4.78, 5) is 27.5. The number of amides is 3. The number of rotatable bonds is 7. The van der Waals surface area contributed by atoms with Crippen molar-refractivity contribution in [3.05, 3.63) is 88.9 Å². The van der Waals surface area contributed by atoms with E-state index in [2.05, 4.69) is 10.4 Å². The minimum absolute atomic E-state index is 0.174. The van der Waals surface area contributed by atoms with Gasteiger partial charge < -0.3 is 19.7 Å². The van der Waals surface area contributed by atoms with Crippen LogP contribution in [0.15, 0.2) is 77.9 Å². The highest BCUT2D eigenvalue weighted by Gasteiger charge is 2.34. The fraction of sp³-hybridized carbons (Fsp3) is 0.222. The molecule has 0 aliphatic carbocycles. The average molecular weight is 507 g/mol. The number of carbonyl (C=O) groups excluding carboxylic acids is 2. The first-order valence-electron chi connectivity index (χ1n) is 11.3. The largest absolute Gasteiger partial charge is 0.497 e. The first-order chi connectivity index (χ1) is 17.4. The number of ether oxygens (including phenoxy) is 2. The standard InChI is InChI=1S/C27H27ClN4O4/c1-31(27(34)29-22-10-6-7-11-25(22)36-3)17-26(33)32-24(18-12-14-19(35-2)15-13-18)16-23(30-32)20-8-4-5-9-21(20)28/h4-15,24H,16-17H2,1-3H3,(H,29,34)/t24-/m1/s1. The molecule has 3 amide bonds. The summed E-state index contributed by atoms with van der Waals surface area (Å²) >= 11 is 6.42. The second-order valence-corrected chi connectivity index (χ2v) is 8.65. The number of para-hydroxylation sites is 2. The number of nitrogens with one attached hydrogen (secondary N) is 1. The summed E-state index contributed by atoms with van der Waals surface area (Å²) in [7, 11) is 4.68. The van der Waals surface area contributed by atoms with E-state index in [-0.39, 0.29) is 18.5 Å². The summed E-state index contributed by atoms with van der Waals surface area (Å²) in [5.41, 5.74) is 2.89. The number of halogens is 1. The zero-order valence-electron chi connectivity index (χ0n) is 20.3. The van der Waals surface area contributed by atoms with Crippen molar-refractivity contribution in [1.82, 2.24) is 9.91 Å². The molecule has 0 saturated carbocycles. The van der Waals surface area contributed by atoms with E-state index < -0.39 is 6.03 Å². The molecule has 36 heavy (non-hydrogen) atoms. The van der Waals surface area contributed by atoms with E-state index in [9.17, 15) is 9.59 Å². The van der Waals surface area contributed by atoms with Crippen LogP contribution in [0.5, 0.6) is 11.5 Å². The minimum atomic E-state index is -0.441. The third kappa shape index (κ3) is 5.44. The SMILES string of the molecule is COc1ccc([C@H]2CC(c3ccccc3Cl)=NN2C(=O)CN(C)C(=O)Nc2ccccc2OC)cc1. The Bertz CT molecular complexity index is 1280. The molecular formula is C27H27ClN4O4. The molecule has 0 aromatic heterocycles. The molecule has 4 rings (SSSR count). The van der Waals surface area contributed by atoms with E-state index in [1.165, 1.54) is 17.0 Å². The summed E-state index contributed by atoms with van der Waals surface area (Å²) in [6.07, 6.45) is 0.485. The number of hydrogen-bond acceptors (Lipinski definition) is 5. The van der Waals surface area contributed by atoms with Gasteiger partial charge in [0.2, 0.25) is 0 Å². The van der Waals surface area contributed by atoms with Crippen LogP contribution >= 0.6 is 11.6 Å². The van der Waals surface area contributed by atoms with Gasteiger partial charge in [-0.2, -0.15) is 5.10 Å². The molecule has 1 N–H and O–H groups in total. The van der Waals surface area contributed by atoms with Gasteiger partial charge in [-0.25, -0.2) is 9.80 Å². The number of hydrazone groups is 1. The van der Waals surface area contributed by atoms with Crippen LogP contribution in [-0.4, -0.2) is 55.4 Å². The van der Waals surface area contributed by atoms with Crippen molar-refractivity contribution in [1.29, 1.82) is 0 Å². The summed E-state index contributed by atoms with van der Waals surface area (Å²) in [6, 6.07) is 21.2. The number of methoxy groups -OCH3 is 2. The first kappa shape index (κ1) is 25.1. The van der Waals surface area contributed by atoms with E-state index in [1.54, 1.807) is 38.4 Å². The molecule has 3 aromatic rings. The van der Waals surface area contributed by atoms with Gasteiger partial charge in [-0.1, -0.05) is 54.1 Å². The van der Waals surface area contributed by atoms with Gasteiger partial charge in [0.05, 0.1) is 31.7 Å². The number of carbonyl (C=O) groups is 2. The normalized spacial score (nSPS) is 14.7. The summed E-state index contributed by atoms with van der Waals surface area (Å²) < 4.78 is 10.6. The third-order valence-corrected chi connectivity index (χ3v) is 6.25. The number of likely N-dealkylation sites (N-methyl/N-ethyl adjacent to an activating group) is 1. The van der Waals surface area contributed by atoms with Gasteiger partial charge in [-0.05, 0) is 35.9 Å². The van der Waals surface area contributed by atoms with Gasteiger partial charge in [0, 0.05) is 24.1 Å². The molecule has 1 aliphatic heterocycles. The van der Waals surface area contributed by atoms with Crippen LogP contribution in [0.2, 0.25) is 5.02 Å². The Morgan fingerprint density at radius 3 is 2.42 bits per heavy atom. The zero-order valence-corrected chi connectivity index (χ0v) is 21.0. The molecular weight excluding hydrogens is 480 g/mol. The lowest BCUT2D eigenvalue weighted by molar-refractivity contribution is -0.133. The van der Waals surface area contributed by atoms with Gasteiger partial charge in [-0.3, -0.25) is 4.79 Å². The zero-order chi connectivity index (χ0) is 25.7. The van der Waals surface area contributed by atoms with E-state index in [4.69, 9.17) is 21.1 Å². The molecule has 1 atom stereocenters. The maximum atomic E-state index is 13.4. The number of benzene rings is 3. The molecule has 0 spiro atoms. The Kier molecular flexibility index (Phi) is 7.75. The Morgan fingerprint density at radius 2 is 1.72 bits per heavy atom. The van der Waals surface area contributed by atoms with Crippen molar-refractivity contribution in [2.24, 2.45) is 5.10 Å². The Morgan fingerprint density at radius 1 is 1.03 bits per heavy atom. The van der Waals surface area contributed by atoms with Crippen LogP contribution in [0.25, 0.3) is 0 Å².